The average molecular weight is 484 g/mol. The second-order valence-electron chi connectivity index (χ2n) is 6.62. The van der Waals surface area contributed by atoms with Gasteiger partial charge in [-0.2, -0.15) is 0 Å². The molecule has 1 saturated heterocycles. The van der Waals surface area contributed by atoms with E-state index in [0.29, 0.717) is 18.5 Å². The third-order valence-corrected chi connectivity index (χ3v) is 4.91. The molecule has 2 unspecified atom stereocenters. The topological polar surface area (TPSA) is 88.6 Å². The van der Waals surface area contributed by atoms with Crippen molar-refractivity contribution in [2.45, 2.75) is 25.9 Å². The lowest BCUT2D eigenvalue weighted by molar-refractivity contribution is -0.384. The van der Waals surface area contributed by atoms with Gasteiger partial charge in [0, 0.05) is 51.2 Å². The van der Waals surface area contributed by atoms with Crippen LogP contribution in [0.3, 0.4) is 0 Å². The maximum Gasteiger partial charge on any atom is 0.269 e. The lowest BCUT2D eigenvalue weighted by Crippen LogP contribution is -2.48. The molecular formula is C18H25IN6O2. The van der Waals surface area contributed by atoms with Gasteiger partial charge in [0.05, 0.1) is 17.3 Å². The number of nitro benzene ring substituents is 1. The highest BCUT2D eigenvalue weighted by Gasteiger charge is 2.28. The van der Waals surface area contributed by atoms with E-state index in [4.69, 9.17) is 0 Å². The number of benzene rings is 1. The van der Waals surface area contributed by atoms with E-state index < -0.39 is 0 Å². The summed E-state index contributed by atoms with van der Waals surface area (Å²) in [5.41, 5.74) is 0.961. The van der Waals surface area contributed by atoms with E-state index in [1.54, 1.807) is 25.4 Å². The van der Waals surface area contributed by atoms with Gasteiger partial charge >= 0.3 is 0 Å². The van der Waals surface area contributed by atoms with Crippen molar-refractivity contribution in [3.63, 3.8) is 0 Å². The fourth-order valence-electron chi connectivity index (χ4n) is 3.39. The standard InChI is InChI=1S/C18H24N6O2.HI/c1-14-6-8-22(12-17(14)23-9-7-20-13-23)18(19-2)21-11-15-4-3-5-16(10-15)24(25)26;/h3-5,7,9-10,13-14,17H,6,8,11-12H2,1-2H3,(H,19,21);1H. The quantitative estimate of drug-likeness (QED) is 0.237. The molecule has 8 nitrogen and oxygen atoms in total. The minimum absolute atomic E-state index is 0. The van der Waals surface area contributed by atoms with Gasteiger partial charge in [-0.3, -0.25) is 15.1 Å². The summed E-state index contributed by atoms with van der Waals surface area (Å²) in [4.78, 5) is 21.3. The molecule has 1 N–H and O–H groups in total. The van der Waals surface area contributed by atoms with Crippen LogP contribution >= 0.6 is 24.0 Å². The Labute approximate surface area is 175 Å². The molecule has 3 rings (SSSR count). The number of nitrogens with zero attached hydrogens (tertiary/aromatic N) is 5. The lowest BCUT2D eigenvalue weighted by atomic mass is 9.93. The lowest BCUT2D eigenvalue weighted by Gasteiger charge is -2.39. The molecule has 2 heterocycles. The molecule has 0 aliphatic carbocycles. The summed E-state index contributed by atoms with van der Waals surface area (Å²) < 4.78 is 2.16. The number of aromatic nitrogens is 2. The highest BCUT2D eigenvalue weighted by atomic mass is 127. The van der Waals surface area contributed by atoms with Crippen molar-refractivity contribution in [2.24, 2.45) is 10.9 Å². The van der Waals surface area contributed by atoms with Crippen molar-refractivity contribution in [3.05, 3.63) is 58.7 Å². The summed E-state index contributed by atoms with van der Waals surface area (Å²) in [6, 6.07) is 7.02. The Balaban J connectivity index is 0.00000261. The number of nitro groups is 1. The number of halogens is 1. The normalized spacial score (nSPS) is 20.1. The number of imidazole rings is 1. The molecule has 146 valence electrons. The molecule has 0 radical (unpaired) electrons. The monoisotopic (exact) mass is 484 g/mol. The predicted molar refractivity (Wildman–Crippen MR) is 115 cm³/mol. The van der Waals surface area contributed by atoms with Crippen molar-refractivity contribution < 1.29 is 4.92 Å². The van der Waals surface area contributed by atoms with Crippen molar-refractivity contribution in [1.29, 1.82) is 0 Å². The van der Waals surface area contributed by atoms with Crippen LogP contribution in [0.5, 0.6) is 0 Å². The molecule has 2 atom stereocenters. The predicted octanol–water partition coefficient (Wildman–Crippen LogP) is 3.07. The molecule has 1 aromatic carbocycles. The first-order chi connectivity index (χ1) is 12.6. The minimum atomic E-state index is -0.375. The smallest absolute Gasteiger partial charge is 0.269 e. The first kappa shape index (κ1) is 21.1. The van der Waals surface area contributed by atoms with Crippen molar-refractivity contribution >= 4 is 35.6 Å². The SMILES string of the molecule is CN=C(NCc1cccc([N+](=O)[O-])c1)N1CCC(C)C(n2ccnc2)C1.I. The average Bonchev–Trinajstić information content (AvgIpc) is 3.18. The van der Waals surface area contributed by atoms with E-state index >= 15 is 0 Å². The highest BCUT2D eigenvalue weighted by Crippen LogP contribution is 2.27. The van der Waals surface area contributed by atoms with E-state index in [1.807, 2.05) is 18.6 Å². The number of hydrogen-bond acceptors (Lipinski definition) is 4. The van der Waals surface area contributed by atoms with Crippen LogP contribution in [0.15, 0.2) is 48.0 Å². The van der Waals surface area contributed by atoms with Crippen molar-refractivity contribution in [3.8, 4) is 0 Å². The number of nitrogens with one attached hydrogen (secondary N) is 1. The minimum Gasteiger partial charge on any atom is -0.352 e. The Morgan fingerprint density at radius 3 is 2.96 bits per heavy atom. The summed E-state index contributed by atoms with van der Waals surface area (Å²) in [6.07, 6.45) is 6.75. The summed E-state index contributed by atoms with van der Waals surface area (Å²) >= 11 is 0. The maximum atomic E-state index is 10.9. The van der Waals surface area contributed by atoms with Crippen LogP contribution in [-0.4, -0.2) is 45.5 Å². The maximum absolute atomic E-state index is 10.9. The Hall–Kier alpha value is -2.17. The summed E-state index contributed by atoms with van der Waals surface area (Å²) in [6.45, 7) is 4.55. The van der Waals surface area contributed by atoms with Gasteiger partial charge in [0.2, 0.25) is 0 Å². The van der Waals surface area contributed by atoms with Crippen LogP contribution in [0.25, 0.3) is 0 Å². The van der Waals surface area contributed by atoms with E-state index in [-0.39, 0.29) is 34.6 Å². The number of aliphatic imine (C=N–C) groups is 1. The van der Waals surface area contributed by atoms with Crippen LogP contribution in [0.1, 0.15) is 24.9 Å². The zero-order valence-electron chi connectivity index (χ0n) is 15.5. The first-order valence-electron chi connectivity index (χ1n) is 8.75. The van der Waals surface area contributed by atoms with Gasteiger partial charge in [-0.1, -0.05) is 19.1 Å². The fraction of sp³-hybridized carbons (Fsp3) is 0.444. The molecule has 9 heteroatoms. The zero-order valence-corrected chi connectivity index (χ0v) is 17.8. The van der Waals surface area contributed by atoms with Crippen LogP contribution in [0.2, 0.25) is 0 Å². The number of hydrogen-bond donors (Lipinski definition) is 1. The van der Waals surface area contributed by atoms with E-state index in [0.717, 1.165) is 31.0 Å². The van der Waals surface area contributed by atoms with E-state index in [2.05, 4.69) is 31.7 Å². The molecule has 1 aliphatic rings. The third kappa shape index (κ3) is 5.18. The van der Waals surface area contributed by atoms with Crippen LogP contribution in [0.4, 0.5) is 5.69 Å². The molecule has 0 bridgehead atoms. The summed E-state index contributed by atoms with van der Waals surface area (Å²) in [5, 5.41) is 14.3. The number of piperidine rings is 1. The number of guanidine groups is 1. The third-order valence-electron chi connectivity index (χ3n) is 4.91. The van der Waals surface area contributed by atoms with Crippen molar-refractivity contribution in [2.75, 3.05) is 20.1 Å². The molecule has 1 aromatic heterocycles. The number of rotatable bonds is 4. The molecule has 2 aromatic rings. The van der Waals surface area contributed by atoms with Crippen LogP contribution in [-0.2, 0) is 6.54 Å². The molecular weight excluding hydrogens is 459 g/mol. The Kier molecular flexibility index (Phi) is 7.57. The van der Waals surface area contributed by atoms with Gasteiger partial charge in [0.25, 0.3) is 5.69 Å². The molecule has 0 spiro atoms. The van der Waals surface area contributed by atoms with Gasteiger partial charge < -0.3 is 14.8 Å². The highest BCUT2D eigenvalue weighted by molar-refractivity contribution is 14.0. The fourth-order valence-corrected chi connectivity index (χ4v) is 3.39. The van der Waals surface area contributed by atoms with E-state index in [9.17, 15) is 10.1 Å². The molecule has 1 fully saturated rings. The Bertz CT molecular complexity index is 780. The largest absolute Gasteiger partial charge is 0.352 e. The number of likely N-dealkylation sites (tertiary alicyclic amines) is 1. The Morgan fingerprint density at radius 2 is 2.30 bits per heavy atom. The van der Waals surface area contributed by atoms with Gasteiger partial charge in [0.15, 0.2) is 5.96 Å². The summed E-state index contributed by atoms with van der Waals surface area (Å²) in [7, 11) is 1.76. The molecule has 1 aliphatic heterocycles. The molecule has 27 heavy (non-hydrogen) atoms. The molecule has 0 amide bonds. The van der Waals surface area contributed by atoms with Crippen LogP contribution < -0.4 is 5.32 Å². The zero-order chi connectivity index (χ0) is 18.5. The van der Waals surface area contributed by atoms with Gasteiger partial charge in [-0.25, -0.2) is 4.98 Å². The second kappa shape index (κ2) is 9.67. The second-order valence-corrected chi connectivity index (χ2v) is 6.62. The van der Waals surface area contributed by atoms with E-state index in [1.165, 1.54) is 6.07 Å². The molecule has 0 saturated carbocycles. The van der Waals surface area contributed by atoms with Crippen LogP contribution in [0, 0.1) is 16.0 Å². The van der Waals surface area contributed by atoms with Crippen molar-refractivity contribution in [1.82, 2.24) is 19.8 Å². The van der Waals surface area contributed by atoms with Gasteiger partial charge in [-0.15, -0.1) is 24.0 Å². The number of non-ortho nitro benzene ring substituents is 1. The van der Waals surface area contributed by atoms with Gasteiger partial charge in [-0.05, 0) is 17.9 Å². The van der Waals surface area contributed by atoms with Gasteiger partial charge in [0.1, 0.15) is 0 Å². The Morgan fingerprint density at radius 1 is 1.48 bits per heavy atom. The first-order valence-corrected chi connectivity index (χ1v) is 8.75. The summed E-state index contributed by atoms with van der Waals surface area (Å²) in [5.74, 6) is 1.38.